The van der Waals surface area contributed by atoms with Gasteiger partial charge in [0.05, 0.1) is 30.6 Å². The molecular weight excluding hydrogens is 388 g/mol. The molecule has 1 fully saturated rings. The summed E-state index contributed by atoms with van der Waals surface area (Å²) in [7, 11) is 0. The van der Waals surface area contributed by atoms with E-state index >= 15 is 0 Å². The van der Waals surface area contributed by atoms with E-state index in [9.17, 15) is 4.79 Å². The molecule has 2 aromatic heterocycles. The number of piperidine rings is 1. The summed E-state index contributed by atoms with van der Waals surface area (Å²) in [6.45, 7) is 3.08. The standard InChI is InChI=1S/C22H25ClN4O2/c23-19-8-3-2-7-17(19)15-27-16-18(13-25-27)22(28)24-14-20(21-9-6-12-29-21)26-10-4-1-5-11-26/h2-3,6-9,12-13,16,20H,1,4-5,10-11,14-15H2,(H,24,28). The van der Waals surface area contributed by atoms with Crippen molar-refractivity contribution >= 4 is 17.5 Å². The van der Waals surface area contributed by atoms with Gasteiger partial charge in [0.15, 0.2) is 0 Å². The van der Waals surface area contributed by atoms with Crippen LogP contribution < -0.4 is 5.32 Å². The van der Waals surface area contributed by atoms with E-state index in [1.54, 1.807) is 23.3 Å². The van der Waals surface area contributed by atoms with Crippen molar-refractivity contribution in [3.8, 4) is 0 Å². The molecule has 1 unspecified atom stereocenters. The van der Waals surface area contributed by atoms with Crippen LogP contribution in [-0.4, -0.2) is 40.2 Å². The van der Waals surface area contributed by atoms with Crippen LogP contribution in [-0.2, 0) is 6.54 Å². The van der Waals surface area contributed by atoms with Gasteiger partial charge in [0, 0.05) is 17.8 Å². The molecule has 1 aromatic carbocycles. The van der Waals surface area contributed by atoms with E-state index in [1.165, 1.54) is 19.3 Å². The third kappa shape index (κ3) is 4.89. The van der Waals surface area contributed by atoms with Crippen molar-refractivity contribution in [2.24, 2.45) is 0 Å². The highest BCUT2D eigenvalue weighted by molar-refractivity contribution is 6.31. The SMILES string of the molecule is O=C(NCC(c1ccco1)N1CCCCC1)c1cnn(Cc2ccccc2Cl)c1. The second-order valence-electron chi connectivity index (χ2n) is 7.36. The summed E-state index contributed by atoms with van der Waals surface area (Å²) in [6.07, 6.45) is 8.65. The number of likely N-dealkylation sites (tertiary alicyclic amines) is 1. The number of furan rings is 1. The van der Waals surface area contributed by atoms with Crippen LogP contribution in [0.4, 0.5) is 0 Å². The molecule has 1 amide bonds. The summed E-state index contributed by atoms with van der Waals surface area (Å²) >= 11 is 6.22. The van der Waals surface area contributed by atoms with Crippen molar-refractivity contribution in [2.75, 3.05) is 19.6 Å². The number of rotatable bonds is 7. The van der Waals surface area contributed by atoms with E-state index < -0.39 is 0 Å². The maximum atomic E-state index is 12.7. The predicted octanol–water partition coefficient (Wildman–Crippen LogP) is 4.13. The number of carbonyl (C=O) groups is 1. The Hall–Kier alpha value is -2.57. The van der Waals surface area contributed by atoms with Gasteiger partial charge in [-0.1, -0.05) is 36.2 Å². The minimum absolute atomic E-state index is 0.0485. The van der Waals surface area contributed by atoms with Crippen LogP contribution in [0.2, 0.25) is 5.02 Å². The van der Waals surface area contributed by atoms with Gasteiger partial charge in [0.1, 0.15) is 5.76 Å². The van der Waals surface area contributed by atoms with Gasteiger partial charge in [-0.3, -0.25) is 14.4 Å². The Bertz CT molecular complexity index is 932. The molecule has 29 heavy (non-hydrogen) atoms. The van der Waals surface area contributed by atoms with Crippen LogP contribution in [0.25, 0.3) is 0 Å². The monoisotopic (exact) mass is 412 g/mol. The average molecular weight is 413 g/mol. The molecule has 1 aliphatic rings. The Morgan fingerprint density at radius 1 is 1.17 bits per heavy atom. The molecule has 1 N–H and O–H groups in total. The van der Waals surface area contributed by atoms with E-state index in [0.717, 1.165) is 24.4 Å². The smallest absolute Gasteiger partial charge is 0.254 e. The van der Waals surface area contributed by atoms with Crippen LogP contribution >= 0.6 is 11.6 Å². The van der Waals surface area contributed by atoms with Crippen LogP contribution in [0.5, 0.6) is 0 Å². The zero-order chi connectivity index (χ0) is 20.1. The molecule has 152 valence electrons. The second-order valence-corrected chi connectivity index (χ2v) is 7.76. The van der Waals surface area contributed by atoms with Crippen molar-refractivity contribution in [3.63, 3.8) is 0 Å². The number of nitrogens with one attached hydrogen (secondary N) is 1. The molecule has 1 atom stereocenters. The molecule has 7 heteroatoms. The first-order valence-electron chi connectivity index (χ1n) is 10.0. The maximum absolute atomic E-state index is 12.7. The molecule has 0 saturated carbocycles. The van der Waals surface area contributed by atoms with Crippen LogP contribution in [0, 0.1) is 0 Å². The third-order valence-corrected chi connectivity index (χ3v) is 5.71. The topological polar surface area (TPSA) is 63.3 Å². The number of hydrogen-bond acceptors (Lipinski definition) is 4. The lowest BCUT2D eigenvalue weighted by Gasteiger charge is -2.33. The normalized spacial score (nSPS) is 15.9. The molecular formula is C22H25ClN4O2. The van der Waals surface area contributed by atoms with Crippen molar-refractivity contribution in [1.82, 2.24) is 20.0 Å². The first-order chi connectivity index (χ1) is 14.2. The van der Waals surface area contributed by atoms with E-state index in [0.29, 0.717) is 23.7 Å². The van der Waals surface area contributed by atoms with Crippen LogP contribution in [0.15, 0.2) is 59.5 Å². The Balaban J connectivity index is 1.39. The number of halogens is 1. The fourth-order valence-electron chi connectivity index (χ4n) is 3.78. The van der Waals surface area contributed by atoms with Gasteiger partial charge in [-0.15, -0.1) is 0 Å². The highest BCUT2D eigenvalue weighted by atomic mass is 35.5. The quantitative estimate of drug-likeness (QED) is 0.633. The molecule has 6 nitrogen and oxygen atoms in total. The van der Waals surface area contributed by atoms with E-state index in [4.69, 9.17) is 16.0 Å². The minimum atomic E-state index is -0.135. The first kappa shape index (κ1) is 19.7. The van der Waals surface area contributed by atoms with E-state index in [1.807, 2.05) is 36.4 Å². The Morgan fingerprint density at radius 3 is 2.76 bits per heavy atom. The molecule has 0 spiro atoms. The summed E-state index contributed by atoms with van der Waals surface area (Å²) in [5, 5.41) is 8.05. The Kier molecular flexibility index (Phi) is 6.32. The Morgan fingerprint density at radius 2 is 2.00 bits per heavy atom. The lowest BCUT2D eigenvalue weighted by atomic mass is 10.1. The summed E-state index contributed by atoms with van der Waals surface area (Å²) in [5.41, 5.74) is 1.50. The largest absolute Gasteiger partial charge is 0.468 e. The van der Waals surface area contributed by atoms with Crippen molar-refractivity contribution in [2.45, 2.75) is 31.8 Å². The van der Waals surface area contributed by atoms with Crippen molar-refractivity contribution in [3.05, 3.63) is 77.0 Å². The van der Waals surface area contributed by atoms with Gasteiger partial charge in [0.25, 0.3) is 5.91 Å². The average Bonchev–Trinajstić information content (AvgIpc) is 3.43. The Labute approximate surface area is 175 Å². The lowest BCUT2D eigenvalue weighted by molar-refractivity contribution is 0.0914. The first-order valence-corrected chi connectivity index (χ1v) is 10.4. The van der Waals surface area contributed by atoms with E-state index in [-0.39, 0.29) is 11.9 Å². The van der Waals surface area contributed by atoms with Gasteiger partial charge in [-0.05, 0) is 49.7 Å². The minimum Gasteiger partial charge on any atom is -0.468 e. The number of amides is 1. The van der Waals surface area contributed by atoms with Crippen molar-refractivity contribution < 1.29 is 9.21 Å². The molecule has 4 rings (SSSR count). The highest BCUT2D eigenvalue weighted by Crippen LogP contribution is 2.24. The van der Waals surface area contributed by atoms with Gasteiger partial charge in [-0.25, -0.2) is 0 Å². The summed E-state index contributed by atoms with van der Waals surface area (Å²) in [5.74, 6) is 0.755. The summed E-state index contributed by atoms with van der Waals surface area (Å²) in [6, 6.07) is 11.6. The van der Waals surface area contributed by atoms with E-state index in [2.05, 4.69) is 15.3 Å². The molecule has 0 radical (unpaired) electrons. The third-order valence-electron chi connectivity index (χ3n) is 5.34. The predicted molar refractivity (Wildman–Crippen MR) is 112 cm³/mol. The number of hydrogen-bond donors (Lipinski definition) is 1. The van der Waals surface area contributed by atoms with Crippen LogP contribution in [0.1, 0.15) is 47.0 Å². The zero-order valence-electron chi connectivity index (χ0n) is 16.3. The second kappa shape index (κ2) is 9.29. The number of benzene rings is 1. The number of aromatic nitrogens is 2. The molecule has 1 saturated heterocycles. The maximum Gasteiger partial charge on any atom is 0.254 e. The number of carbonyl (C=O) groups excluding carboxylic acids is 1. The molecule has 0 aliphatic carbocycles. The van der Waals surface area contributed by atoms with Crippen LogP contribution in [0.3, 0.4) is 0 Å². The van der Waals surface area contributed by atoms with Gasteiger partial charge in [-0.2, -0.15) is 5.10 Å². The van der Waals surface area contributed by atoms with Gasteiger partial charge in [0.2, 0.25) is 0 Å². The van der Waals surface area contributed by atoms with Gasteiger partial charge < -0.3 is 9.73 Å². The molecule has 3 heterocycles. The molecule has 1 aliphatic heterocycles. The lowest BCUT2D eigenvalue weighted by Crippen LogP contribution is -2.40. The fraction of sp³-hybridized carbons (Fsp3) is 0.364. The summed E-state index contributed by atoms with van der Waals surface area (Å²) < 4.78 is 7.37. The van der Waals surface area contributed by atoms with Crippen molar-refractivity contribution in [1.29, 1.82) is 0 Å². The highest BCUT2D eigenvalue weighted by Gasteiger charge is 2.25. The fourth-order valence-corrected chi connectivity index (χ4v) is 3.98. The van der Waals surface area contributed by atoms with Gasteiger partial charge >= 0.3 is 0 Å². The summed E-state index contributed by atoms with van der Waals surface area (Å²) in [4.78, 5) is 15.1. The molecule has 3 aromatic rings. The zero-order valence-corrected chi connectivity index (χ0v) is 17.0. The molecule has 0 bridgehead atoms. The number of nitrogens with zero attached hydrogens (tertiary/aromatic N) is 3.